The lowest BCUT2D eigenvalue weighted by Crippen LogP contribution is -2.46. The van der Waals surface area contributed by atoms with Gasteiger partial charge in [0.25, 0.3) is 0 Å². The van der Waals surface area contributed by atoms with E-state index in [1.165, 1.54) is 43.2 Å². The number of allylic oxidation sites excluding steroid dienone is 1. The van der Waals surface area contributed by atoms with Crippen LogP contribution in [-0.2, 0) is 6.54 Å². The molecule has 4 rings (SSSR count). The zero-order chi connectivity index (χ0) is 23.4. The van der Waals surface area contributed by atoms with Gasteiger partial charge in [0, 0.05) is 13.2 Å². The van der Waals surface area contributed by atoms with Gasteiger partial charge in [-0.25, -0.2) is 0 Å². The van der Waals surface area contributed by atoms with Crippen LogP contribution in [-0.4, -0.2) is 37.1 Å². The quantitative estimate of drug-likeness (QED) is 0.538. The van der Waals surface area contributed by atoms with E-state index < -0.39 is 0 Å². The minimum absolute atomic E-state index is 0.199. The van der Waals surface area contributed by atoms with Gasteiger partial charge in [-0.05, 0) is 105 Å². The number of aliphatic hydroxyl groups excluding tert-OH is 2. The third-order valence-electron chi connectivity index (χ3n) is 9.28. The van der Waals surface area contributed by atoms with Crippen molar-refractivity contribution in [1.82, 2.24) is 5.32 Å². The Balaban J connectivity index is 0.000000222. The highest BCUT2D eigenvalue weighted by Crippen LogP contribution is 2.61. The van der Waals surface area contributed by atoms with E-state index in [4.69, 9.17) is 4.74 Å². The molecule has 0 saturated heterocycles. The molecule has 4 nitrogen and oxygen atoms in total. The zero-order valence-corrected chi connectivity index (χ0v) is 20.7. The highest BCUT2D eigenvalue weighted by Gasteiger charge is 2.52. The Labute approximate surface area is 195 Å². The Kier molecular flexibility index (Phi) is 8.46. The molecule has 3 aliphatic rings. The monoisotopic (exact) mass is 443 g/mol. The maximum atomic E-state index is 9.94. The van der Waals surface area contributed by atoms with Crippen molar-refractivity contribution in [3.05, 3.63) is 42.0 Å². The fourth-order valence-corrected chi connectivity index (χ4v) is 6.70. The largest absolute Gasteiger partial charge is 0.497 e. The number of methoxy groups -OCH3 is 1. The molecule has 6 atom stereocenters. The van der Waals surface area contributed by atoms with Crippen molar-refractivity contribution in [2.24, 2.45) is 28.6 Å². The van der Waals surface area contributed by atoms with Crippen molar-refractivity contribution in [1.29, 1.82) is 0 Å². The minimum Gasteiger partial charge on any atom is -0.497 e. The van der Waals surface area contributed by atoms with Crippen LogP contribution < -0.4 is 10.1 Å². The summed E-state index contributed by atoms with van der Waals surface area (Å²) in [4.78, 5) is 0. The Morgan fingerprint density at radius 2 is 1.78 bits per heavy atom. The first-order valence-corrected chi connectivity index (χ1v) is 12.5. The highest BCUT2D eigenvalue weighted by molar-refractivity contribution is 5.27. The van der Waals surface area contributed by atoms with Gasteiger partial charge in [-0.3, -0.25) is 0 Å². The molecule has 0 bridgehead atoms. The summed E-state index contributed by atoms with van der Waals surface area (Å²) in [7, 11) is 3.61. The molecular formula is C28H45NO3. The van der Waals surface area contributed by atoms with Crippen LogP contribution in [0.2, 0.25) is 0 Å². The fourth-order valence-electron chi connectivity index (χ4n) is 6.70. The van der Waals surface area contributed by atoms with E-state index in [-0.39, 0.29) is 24.0 Å². The molecule has 3 aliphatic carbocycles. The molecule has 3 N–H and O–H groups in total. The molecule has 0 heterocycles. The molecule has 0 radical (unpaired) electrons. The van der Waals surface area contributed by atoms with Crippen molar-refractivity contribution >= 4 is 0 Å². The normalized spacial score (nSPS) is 36.8. The maximum absolute atomic E-state index is 9.94. The average molecular weight is 444 g/mol. The molecule has 0 amide bonds. The smallest absolute Gasteiger partial charge is 0.118 e. The van der Waals surface area contributed by atoms with Crippen LogP contribution in [0.15, 0.2) is 36.4 Å². The van der Waals surface area contributed by atoms with Gasteiger partial charge < -0.3 is 20.3 Å². The summed E-state index contributed by atoms with van der Waals surface area (Å²) >= 11 is 0. The van der Waals surface area contributed by atoms with Gasteiger partial charge in [0.2, 0.25) is 0 Å². The third kappa shape index (κ3) is 5.24. The lowest BCUT2D eigenvalue weighted by molar-refractivity contribution is -0.0661. The van der Waals surface area contributed by atoms with Gasteiger partial charge >= 0.3 is 0 Å². The van der Waals surface area contributed by atoms with E-state index in [1.54, 1.807) is 7.11 Å². The van der Waals surface area contributed by atoms with E-state index in [1.807, 2.05) is 19.2 Å². The molecule has 6 unspecified atom stereocenters. The third-order valence-corrected chi connectivity index (χ3v) is 9.28. The second kappa shape index (κ2) is 10.7. The van der Waals surface area contributed by atoms with Crippen molar-refractivity contribution < 1.29 is 14.9 Å². The SMILES string of the molecule is C=C1CCC2CC(C3(C)CCC(O)CC3CO)CCC12C.CNCc1ccc(OC)cc1. The van der Waals surface area contributed by atoms with Gasteiger partial charge in [0.05, 0.1) is 13.2 Å². The summed E-state index contributed by atoms with van der Waals surface area (Å²) in [5, 5.41) is 22.9. The van der Waals surface area contributed by atoms with Crippen LogP contribution in [0.1, 0.15) is 70.8 Å². The predicted molar refractivity (Wildman–Crippen MR) is 132 cm³/mol. The van der Waals surface area contributed by atoms with Crippen molar-refractivity contribution in [2.75, 3.05) is 20.8 Å². The van der Waals surface area contributed by atoms with E-state index in [0.29, 0.717) is 11.3 Å². The number of aliphatic hydroxyl groups is 2. The molecule has 3 fully saturated rings. The lowest BCUT2D eigenvalue weighted by Gasteiger charge is -2.52. The van der Waals surface area contributed by atoms with E-state index in [2.05, 4.69) is 37.9 Å². The molecule has 3 saturated carbocycles. The zero-order valence-electron chi connectivity index (χ0n) is 20.7. The van der Waals surface area contributed by atoms with E-state index in [9.17, 15) is 10.2 Å². The Hall–Kier alpha value is -1.36. The molecule has 1 aromatic carbocycles. The second-order valence-electron chi connectivity index (χ2n) is 10.9. The lowest BCUT2D eigenvalue weighted by atomic mass is 9.53. The maximum Gasteiger partial charge on any atom is 0.118 e. The summed E-state index contributed by atoms with van der Waals surface area (Å²) < 4.78 is 5.03. The van der Waals surface area contributed by atoms with Crippen LogP contribution in [0, 0.1) is 28.6 Å². The molecule has 180 valence electrons. The second-order valence-corrected chi connectivity index (χ2v) is 10.9. The first-order chi connectivity index (χ1) is 15.3. The van der Waals surface area contributed by atoms with Crippen LogP contribution in [0.5, 0.6) is 5.75 Å². The summed E-state index contributed by atoms with van der Waals surface area (Å²) in [5.74, 6) is 2.70. The van der Waals surface area contributed by atoms with Crippen LogP contribution >= 0.6 is 0 Å². The van der Waals surface area contributed by atoms with Crippen LogP contribution in [0.25, 0.3) is 0 Å². The Morgan fingerprint density at radius 1 is 1.06 bits per heavy atom. The predicted octanol–water partition coefficient (Wildman–Crippen LogP) is 5.33. The van der Waals surface area contributed by atoms with Crippen LogP contribution in [0.3, 0.4) is 0 Å². The number of hydrogen-bond acceptors (Lipinski definition) is 4. The number of fused-ring (bicyclic) bond motifs is 1. The van der Waals surface area contributed by atoms with Crippen molar-refractivity contribution in [3.8, 4) is 5.75 Å². The molecule has 0 aliphatic heterocycles. The molecule has 4 heteroatoms. The number of ether oxygens (including phenoxy) is 1. The van der Waals surface area contributed by atoms with E-state index in [0.717, 1.165) is 37.5 Å². The summed E-state index contributed by atoms with van der Waals surface area (Å²) in [5.41, 5.74) is 3.36. The summed E-state index contributed by atoms with van der Waals surface area (Å²) in [6, 6.07) is 8.03. The average Bonchev–Trinajstić information content (AvgIpc) is 3.10. The fraction of sp³-hybridized carbons (Fsp3) is 0.714. The summed E-state index contributed by atoms with van der Waals surface area (Å²) in [6.45, 7) is 10.3. The van der Waals surface area contributed by atoms with Crippen molar-refractivity contribution in [3.63, 3.8) is 0 Å². The van der Waals surface area contributed by atoms with Gasteiger partial charge in [0.15, 0.2) is 0 Å². The molecule has 32 heavy (non-hydrogen) atoms. The first kappa shape index (κ1) is 25.3. The Morgan fingerprint density at radius 3 is 2.41 bits per heavy atom. The van der Waals surface area contributed by atoms with Gasteiger partial charge in [-0.1, -0.05) is 38.1 Å². The Bertz CT molecular complexity index is 748. The molecule has 0 aromatic heterocycles. The van der Waals surface area contributed by atoms with E-state index >= 15 is 0 Å². The van der Waals surface area contributed by atoms with Gasteiger partial charge in [-0.15, -0.1) is 0 Å². The molecular weight excluding hydrogens is 398 g/mol. The van der Waals surface area contributed by atoms with Crippen LogP contribution in [0.4, 0.5) is 0 Å². The van der Waals surface area contributed by atoms with Gasteiger partial charge in [-0.2, -0.15) is 0 Å². The molecule has 1 aromatic rings. The number of nitrogens with one attached hydrogen (secondary N) is 1. The van der Waals surface area contributed by atoms with Crippen molar-refractivity contribution in [2.45, 2.75) is 77.9 Å². The summed E-state index contributed by atoms with van der Waals surface area (Å²) in [6.07, 6.45) is 8.96. The minimum atomic E-state index is -0.199. The topological polar surface area (TPSA) is 61.7 Å². The first-order valence-electron chi connectivity index (χ1n) is 12.5. The number of rotatable bonds is 5. The number of hydrogen-bond donors (Lipinski definition) is 3. The molecule has 0 spiro atoms. The standard InChI is InChI=1S/C19H32O2.C9H13NO/c1-13-4-5-14-10-15(6-8-18(13,14)2)19(3)9-7-17(21)11-16(19)12-20;1-10-7-8-3-5-9(11-2)6-4-8/h14-17,20-21H,1,4-12H2,2-3H3;3-6,10H,7H2,1-2H3. The number of benzene rings is 1. The highest BCUT2D eigenvalue weighted by atomic mass is 16.5. The van der Waals surface area contributed by atoms with Gasteiger partial charge in [0.1, 0.15) is 5.75 Å².